The van der Waals surface area contributed by atoms with Gasteiger partial charge in [-0.25, -0.2) is 0 Å². The van der Waals surface area contributed by atoms with Crippen molar-refractivity contribution in [1.29, 1.82) is 5.41 Å². The van der Waals surface area contributed by atoms with Crippen molar-refractivity contribution in [3.63, 3.8) is 0 Å². The van der Waals surface area contributed by atoms with Gasteiger partial charge in [0.2, 0.25) is 0 Å². The van der Waals surface area contributed by atoms with Crippen LogP contribution in [0, 0.1) is 11.3 Å². The van der Waals surface area contributed by atoms with Gasteiger partial charge in [-0.3, -0.25) is 15.2 Å². The summed E-state index contributed by atoms with van der Waals surface area (Å²) in [5, 5.41) is 19.9. The summed E-state index contributed by atoms with van der Waals surface area (Å²) < 4.78 is 0. The summed E-state index contributed by atoms with van der Waals surface area (Å²) in [5.74, 6) is 1.04. The predicted octanol–water partition coefficient (Wildman–Crippen LogP) is 6.64. The maximum atomic E-state index is 13.5. The van der Waals surface area contributed by atoms with E-state index in [-0.39, 0.29) is 51.8 Å². The van der Waals surface area contributed by atoms with Crippen molar-refractivity contribution in [2.75, 3.05) is 13.1 Å². The fourth-order valence-electron chi connectivity index (χ4n) is 4.88. The number of benzene rings is 1. The number of aromatic nitrogens is 1. The zero-order valence-corrected chi connectivity index (χ0v) is 23.3. The lowest BCUT2D eigenvalue weighted by Crippen LogP contribution is -2.32. The third-order valence-corrected chi connectivity index (χ3v) is 6.65. The first-order valence-electron chi connectivity index (χ1n) is 12.0. The maximum absolute atomic E-state index is 13.5. The summed E-state index contributed by atoms with van der Waals surface area (Å²) in [4.78, 5) is 19.7. The van der Waals surface area contributed by atoms with Crippen LogP contribution < -0.4 is 0 Å². The Morgan fingerprint density at radius 3 is 2.21 bits per heavy atom. The fraction of sp³-hybridized carbons (Fsp3) is 0.536. The predicted molar refractivity (Wildman–Crippen MR) is 145 cm³/mol. The lowest BCUT2D eigenvalue weighted by atomic mass is 9.78. The Morgan fingerprint density at radius 2 is 1.74 bits per heavy atom. The van der Waals surface area contributed by atoms with Gasteiger partial charge in [-0.05, 0) is 46.9 Å². The molecule has 2 aromatic rings. The van der Waals surface area contributed by atoms with Crippen molar-refractivity contribution < 1.29 is 9.90 Å². The van der Waals surface area contributed by atoms with Crippen molar-refractivity contribution >= 4 is 28.6 Å². The van der Waals surface area contributed by atoms with Gasteiger partial charge in [-0.15, -0.1) is 17.0 Å². The zero-order valence-electron chi connectivity index (χ0n) is 21.6. The zero-order chi connectivity index (χ0) is 24.6. The normalized spacial score (nSPS) is 18.7. The van der Waals surface area contributed by atoms with Crippen LogP contribution in [0.3, 0.4) is 0 Å². The number of Topliss-reactive ketones (excluding diaryl/α,β-unsaturated/α-hetero) is 1. The Hall–Kier alpha value is -2.21. The minimum atomic E-state index is -0.293. The molecule has 0 saturated carbocycles. The molecule has 3 rings (SSSR count). The Bertz CT molecular complexity index is 987. The minimum Gasteiger partial charge on any atom is -0.507 e. The smallest absolute Gasteiger partial charge is 0.182 e. The van der Waals surface area contributed by atoms with Gasteiger partial charge in [0.1, 0.15) is 11.6 Å². The number of pyridine rings is 1. The van der Waals surface area contributed by atoms with Gasteiger partial charge in [-0.2, -0.15) is 0 Å². The number of ketones is 1. The highest BCUT2D eigenvalue weighted by molar-refractivity contribution is 8.93. The van der Waals surface area contributed by atoms with Crippen LogP contribution in [0.4, 0.5) is 0 Å². The molecule has 186 valence electrons. The van der Waals surface area contributed by atoms with Crippen LogP contribution in [-0.2, 0) is 10.8 Å². The molecule has 0 amide bonds. The first-order valence-corrected chi connectivity index (χ1v) is 12.0. The minimum absolute atomic E-state index is 0. The molecule has 1 aliphatic heterocycles. The second-order valence-electron chi connectivity index (χ2n) is 11.4. The van der Waals surface area contributed by atoms with E-state index in [1.54, 1.807) is 6.20 Å². The summed E-state index contributed by atoms with van der Waals surface area (Å²) in [7, 11) is 0. The second kappa shape index (κ2) is 10.6. The van der Waals surface area contributed by atoms with Crippen LogP contribution in [0.1, 0.15) is 94.3 Å². The molecule has 2 unspecified atom stereocenters. The van der Waals surface area contributed by atoms with E-state index in [9.17, 15) is 9.90 Å². The molecule has 34 heavy (non-hydrogen) atoms. The molecule has 6 heteroatoms. The summed E-state index contributed by atoms with van der Waals surface area (Å²) in [5.41, 5.74) is 2.63. The van der Waals surface area contributed by atoms with E-state index >= 15 is 0 Å². The molecule has 1 aliphatic rings. The molecule has 1 aromatic heterocycles. The molecule has 1 aromatic carbocycles. The number of aromatic hydroxyl groups is 1. The molecule has 1 saturated heterocycles. The standard InChI is InChI=1S/C28H39N3O2.BrH/c1-8-10-19-16-31(26(29)24(19)18-11-9-12-30-15-18)17-23(32)20-13-21(27(2,3)4)25(33)22(14-20)28(5,6)7;/h9,11-15,19,24,29,33H,8,10,16-17H2,1-7H3;1H. The SMILES string of the molecule is Br.CCCC1CN(CC(=O)c2cc(C(C)(C)C)c(O)c(C(C)(C)C)c2)C(=N)C1c1cccnc1. The molecule has 0 spiro atoms. The van der Waals surface area contributed by atoms with E-state index < -0.39 is 0 Å². The van der Waals surface area contributed by atoms with Gasteiger partial charge in [-0.1, -0.05) is 61.0 Å². The molecule has 1 fully saturated rings. The topological polar surface area (TPSA) is 77.3 Å². The molecule has 2 heterocycles. The van der Waals surface area contributed by atoms with E-state index in [1.807, 2.05) is 76.9 Å². The van der Waals surface area contributed by atoms with Gasteiger partial charge >= 0.3 is 0 Å². The fourth-order valence-corrected chi connectivity index (χ4v) is 4.88. The highest BCUT2D eigenvalue weighted by Crippen LogP contribution is 2.40. The van der Waals surface area contributed by atoms with E-state index in [0.29, 0.717) is 23.9 Å². The summed E-state index contributed by atoms with van der Waals surface area (Å²) in [6.45, 7) is 15.3. The molecular weight excluding hydrogens is 490 g/mol. The number of nitrogens with one attached hydrogen (secondary N) is 1. The number of nitrogens with zero attached hydrogens (tertiary/aromatic N) is 2. The average molecular weight is 531 g/mol. The van der Waals surface area contributed by atoms with Crippen molar-refractivity contribution in [3.8, 4) is 5.75 Å². The van der Waals surface area contributed by atoms with Gasteiger partial charge in [0.05, 0.1) is 6.54 Å². The van der Waals surface area contributed by atoms with Crippen LogP contribution in [0.2, 0.25) is 0 Å². The molecular formula is C28H40BrN3O2. The quantitative estimate of drug-likeness (QED) is 0.411. The average Bonchev–Trinajstić information content (AvgIpc) is 3.02. The third kappa shape index (κ3) is 5.88. The highest BCUT2D eigenvalue weighted by Gasteiger charge is 2.39. The van der Waals surface area contributed by atoms with E-state index in [2.05, 4.69) is 11.9 Å². The van der Waals surface area contributed by atoms with E-state index in [0.717, 1.165) is 29.5 Å². The van der Waals surface area contributed by atoms with E-state index in [1.165, 1.54) is 0 Å². The Balaban J connectivity index is 0.00000408. The van der Waals surface area contributed by atoms with Crippen molar-refractivity contribution in [1.82, 2.24) is 9.88 Å². The summed E-state index contributed by atoms with van der Waals surface area (Å²) >= 11 is 0. The van der Waals surface area contributed by atoms with Crippen LogP contribution in [0.15, 0.2) is 36.7 Å². The van der Waals surface area contributed by atoms with Gasteiger partial charge < -0.3 is 10.0 Å². The monoisotopic (exact) mass is 529 g/mol. The van der Waals surface area contributed by atoms with E-state index in [4.69, 9.17) is 5.41 Å². The number of phenolic OH excluding ortho intramolecular Hbond substituents is 1. The van der Waals surface area contributed by atoms with Crippen LogP contribution >= 0.6 is 17.0 Å². The Labute approximate surface area is 215 Å². The molecule has 0 radical (unpaired) electrons. The third-order valence-electron chi connectivity index (χ3n) is 6.65. The van der Waals surface area contributed by atoms with Gasteiger partial charge in [0.15, 0.2) is 5.78 Å². The van der Waals surface area contributed by atoms with Crippen molar-refractivity contribution in [3.05, 3.63) is 58.9 Å². The van der Waals surface area contributed by atoms with Crippen LogP contribution in [0.5, 0.6) is 5.75 Å². The second-order valence-corrected chi connectivity index (χ2v) is 11.4. The number of amidine groups is 1. The number of phenols is 1. The number of hydrogen-bond acceptors (Lipinski definition) is 4. The molecule has 2 atom stereocenters. The van der Waals surface area contributed by atoms with Gasteiger partial charge in [0, 0.05) is 41.5 Å². The van der Waals surface area contributed by atoms with Crippen molar-refractivity contribution in [2.45, 2.75) is 78.1 Å². The number of rotatable bonds is 6. The van der Waals surface area contributed by atoms with Crippen molar-refractivity contribution in [2.24, 2.45) is 5.92 Å². The Morgan fingerprint density at radius 1 is 1.15 bits per heavy atom. The number of carbonyl (C=O) groups is 1. The molecule has 0 bridgehead atoms. The largest absolute Gasteiger partial charge is 0.507 e. The van der Waals surface area contributed by atoms with Crippen LogP contribution in [0.25, 0.3) is 0 Å². The first kappa shape index (κ1) is 28.0. The maximum Gasteiger partial charge on any atom is 0.182 e. The highest BCUT2D eigenvalue weighted by atomic mass is 79.9. The molecule has 0 aliphatic carbocycles. The Kier molecular flexibility index (Phi) is 8.73. The number of carbonyl (C=O) groups excluding carboxylic acids is 1. The lowest BCUT2D eigenvalue weighted by molar-refractivity contribution is 0.0963. The summed E-state index contributed by atoms with van der Waals surface area (Å²) in [6.07, 6.45) is 5.65. The first-order chi connectivity index (χ1) is 15.3. The molecule has 2 N–H and O–H groups in total. The number of halogens is 1. The molecule has 5 nitrogen and oxygen atoms in total. The number of likely N-dealkylation sites (tertiary alicyclic amines) is 1. The van der Waals surface area contributed by atoms with Gasteiger partial charge in [0.25, 0.3) is 0 Å². The summed E-state index contributed by atoms with van der Waals surface area (Å²) in [6, 6.07) is 7.63. The van der Waals surface area contributed by atoms with Crippen LogP contribution in [-0.4, -0.2) is 39.7 Å². The lowest BCUT2D eigenvalue weighted by Gasteiger charge is -2.28. The number of hydrogen-bond donors (Lipinski definition) is 2.